The van der Waals surface area contributed by atoms with E-state index < -0.39 is 26.5 Å². The van der Waals surface area contributed by atoms with Gasteiger partial charge in [-0.05, 0) is 103 Å². The van der Waals surface area contributed by atoms with E-state index in [1.54, 1.807) is 0 Å². The molecule has 0 rings (SSSR count). The first-order valence-electron chi connectivity index (χ1n) is 42.2. The van der Waals surface area contributed by atoms with Gasteiger partial charge in [-0.2, -0.15) is 0 Å². The van der Waals surface area contributed by atoms with E-state index in [0.29, 0.717) is 17.4 Å². The maximum absolute atomic E-state index is 12.9. The molecule has 0 radical (unpaired) electrons. The van der Waals surface area contributed by atoms with Crippen LogP contribution in [-0.4, -0.2) is 70.0 Å². The number of ether oxygens (including phenoxy) is 2. The van der Waals surface area contributed by atoms with E-state index in [0.717, 1.165) is 103 Å². The standard InChI is InChI=1S/C90H160NO8P/c1-6-8-10-12-14-16-18-20-22-24-26-28-30-32-34-36-38-40-42-44-45-47-48-50-52-54-56-58-60-62-64-66-68-70-72-74-76-78-80-82-89(92)96-86-88(87-98-100(94,95)97-85-84-91(3,4)5)99-90(93)83-81-79-77-75-73-71-69-67-65-63-61-59-57-55-53-51-49-46-43-41-39-37-35-33-31-29-27-25-23-21-19-17-15-13-11-9-7-2/h8-11,14-17,20-23,26-29,33,35,39,41,88H,6-7,12-13,18-19,24-25,30-32,34,36-38,40,42-87H2,1-5H3/b10-8-,11-9-,16-14-,17-15-,22-20-,23-21-,28-26-,29-27-,35-33-,41-39-. The van der Waals surface area contributed by atoms with Crippen LogP contribution >= 0.6 is 7.82 Å². The maximum Gasteiger partial charge on any atom is 0.306 e. The molecule has 0 aliphatic carbocycles. The minimum absolute atomic E-state index is 0.0314. The molecular weight excluding hydrogens is 1250 g/mol. The van der Waals surface area contributed by atoms with Crippen molar-refractivity contribution in [1.29, 1.82) is 0 Å². The number of phosphoric acid groups is 1. The highest BCUT2D eigenvalue weighted by molar-refractivity contribution is 7.45. The van der Waals surface area contributed by atoms with Crippen molar-refractivity contribution in [3.8, 4) is 0 Å². The Morgan fingerprint density at radius 1 is 0.310 bits per heavy atom. The molecule has 0 aromatic carbocycles. The lowest BCUT2D eigenvalue weighted by atomic mass is 10.0. The van der Waals surface area contributed by atoms with E-state index in [1.807, 2.05) is 21.1 Å². The van der Waals surface area contributed by atoms with Crippen molar-refractivity contribution in [2.45, 2.75) is 392 Å². The highest BCUT2D eigenvalue weighted by Crippen LogP contribution is 2.38. The Balaban J connectivity index is 3.90. The molecule has 0 amide bonds. The van der Waals surface area contributed by atoms with Gasteiger partial charge in [-0.25, -0.2) is 0 Å². The minimum atomic E-state index is -4.65. The Labute approximate surface area is 619 Å². The van der Waals surface area contributed by atoms with Crippen LogP contribution in [-0.2, 0) is 32.7 Å². The fraction of sp³-hybridized carbons (Fsp3) is 0.756. The fourth-order valence-corrected chi connectivity index (χ4v) is 12.9. The summed E-state index contributed by atoms with van der Waals surface area (Å²) in [5, 5.41) is 0. The van der Waals surface area contributed by atoms with Gasteiger partial charge < -0.3 is 27.9 Å². The summed E-state index contributed by atoms with van der Waals surface area (Å²) in [5.41, 5.74) is 0. The third kappa shape index (κ3) is 83.4. The molecular formula is C90H160NO8P. The van der Waals surface area contributed by atoms with Crippen molar-refractivity contribution < 1.29 is 42.1 Å². The molecule has 0 aliphatic rings. The number of nitrogens with zero attached hydrogens (tertiary/aromatic N) is 1. The van der Waals surface area contributed by atoms with Crippen LogP contribution in [0.2, 0.25) is 0 Å². The molecule has 2 unspecified atom stereocenters. The highest BCUT2D eigenvalue weighted by Gasteiger charge is 2.22. The van der Waals surface area contributed by atoms with Crippen molar-refractivity contribution in [2.75, 3.05) is 47.5 Å². The summed E-state index contributed by atoms with van der Waals surface area (Å²) in [6, 6.07) is 0. The Morgan fingerprint density at radius 3 is 0.800 bits per heavy atom. The molecule has 0 heterocycles. The number of phosphoric ester groups is 1. The topological polar surface area (TPSA) is 111 Å². The van der Waals surface area contributed by atoms with Gasteiger partial charge in [-0.15, -0.1) is 0 Å². The number of hydrogen-bond donors (Lipinski definition) is 0. The van der Waals surface area contributed by atoms with E-state index in [9.17, 15) is 19.0 Å². The monoisotopic (exact) mass is 1410 g/mol. The highest BCUT2D eigenvalue weighted by atomic mass is 31.2. The van der Waals surface area contributed by atoms with E-state index >= 15 is 0 Å². The second kappa shape index (κ2) is 79.5. The summed E-state index contributed by atoms with van der Waals surface area (Å²) in [5.74, 6) is -0.816. The molecule has 0 spiro atoms. The predicted molar refractivity (Wildman–Crippen MR) is 434 cm³/mol. The summed E-state index contributed by atoms with van der Waals surface area (Å²) in [6.07, 6.45) is 115. The second-order valence-corrected chi connectivity index (χ2v) is 30.8. The molecule has 0 aromatic heterocycles. The molecule has 0 N–H and O–H groups in total. The van der Waals surface area contributed by atoms with Gasteiger partial charge >= 0.3 is 11.9 Å². The van der Waals surface area contributed by atoms with Crippen molar-refractivity contribution in [2.24, 2.45) is 0 Å². The van der Waals surface area contributed by atoms with E-state index in [1.165, 1.54) is 250 Å². The number of hydrogen-bond acceptors (Lipinski definition) is 8. The Kier molecular flexibility index (Phi) is 76.7. The molecule has 0 aliphatic heterocycles. The molecule has 9 nitrogen and oxygen atoms in total. The first kappa shape index (κ1) is 96.4. The van der Waals surface area contributed by atoms with Crippen molar-refractivity contribution in [1.82, 2.24) is 0 Å². The van der Waals surface area contributed by atoms with Crippen LogP contribution < -0.4 is 4.89 Å². The Morgan fingerprint density at radius 2 is 0.540 bits per heavy atom. The Hall–Kier alpha value is -3.59. The summed E-state index contributed by atoms with van der Waals surface area (Å²) in [4.78, 5) is 38.2. The number of likely N-dealkylation sites (N-methyl/N-ethyl adjacent to an activating group) is 1. The van der Waals surface area contributed by atoms with Gasteiger partial charge in [0, 0.05) is 12.8 Å². The van der Waals surface area contributed by atoms with Gasteiger partial charge in [0.25, 0.3) is 7.82 Å². The van der Waals surface area contributed by atoms with Crippen LogP contribution in [0, 0.1) is 0 Å². The van der Waals surface area contributed by atoms with Gasteiger partial charge in [-0.3, -0.25) is 14.2 Å². The smallest absolute Gasteiger partial charge is 0.306 e. The number of carbonyl (C=O) groups is 2. The number of quaternary nitrogens is 1. The summed E-state index contributed by atoms with van der Waals surface area (Å²) in [7, 11) is 1.18. The lowest BCUT2D eigenvalue weighted by Gasteiger charge is -2.28. The van der Waals surface area contributed by atoms with Gasteiger partial charge in [0.2, 0.25) is 0 Å². The van der Waals surface area contributed by atoms with Gasteiger partial charge in [0.15, 0.2) is 6.10 Å². The van der Waals surface area contributed by atoms with Crippen molar-refractivity contribution in [3.63, 3.8) is 0 Å². The molecule has 0 bridgehead atoms. The zero-order valence-corrected chi connectivity index (χ0v) is 67.0. The molecule has 0 saturated carbocycles. The predicted octanol–water partition coefficient (Wildman–Crippen LogP) is 27.9. The summed E-state index contributed by atoms with van der Waals surface area (Å²) in [6.45, 7) is 4.06. The third-order valence-electron chi connectivity index (χ3n) is 18.5. The minimum Gasteiger partial charge on any atom is -0.756 e. The first-order valence-corrected chi connectivity index (χ1v) is 43.7. The number of esters is 2. The molecule has 0 fully saturated rings. The van der Waals surface area contributed by atoms with Crippen LogP contribution in [0.15, 0.2) is 122 Å². The molecule has 10 heteroatoms. The third-order valence-corrected chi connectivity index (χ3v) is 19.4. The van der Waals surface area contributed by atoms with Crippen LogP contribution in [0.3, 0.4) is 0 Å². The van der Waals surface area contributed by atoms with E-state index in [4.69, 9.17) is 18.5 Å². The molecule has 0 aromatic rings. The van der Waals surface area contributed by atoms with Crippen LogP contribution in [0.1, 0.15) is 386 Å². The SMILES string of the molecule is CC/C=C\C/C=C\C/C=C\C/C=C\C/C=C\C/C=C\CCCCCCCCCCCCCCCCCCCCC(=O)OC(COC(=O)CCCCCCCCCCCCCCCCCCCCCCCCCCCC/C=C\C/C=C\C/C=C\C/C=C\CC)COP(=O)([O-])OCC[N+](C)(C)C. The quantitative estimate of drug-likeness (QED) is 0.0195. The lowest BCUT2D eigenvalue weighted by Crippen LogP contribution is -2.37. The maximum atomic E-state index is 12.9. The zero-order valence-electron chi connectivity index (χ0n) is 66.1. The first-order chi connectivity index (χ1) is 49.0. The fourth-order valence-electron chi connectivity index (χ4n) is 12.1. The van der Waals surface area contributed by atoms with Crippen LogP contribution in [0.25, 0.3) is 0 Å². The number of rotatable bonds is 78. The van der Waals surface area contributed by atoms with E-state index in [2.05, 4.69) is 135 Å². The van der Waals surface area contributed by atoms with E-state index in [-0.39, 0.29) is 32.0 Å². The van der Waals surface area contributed by atoms with Gasteiger partial charge in [0.1, 0.15) is 19.8 Å². The average molecular weight is 1420 g/mol. The largest absolute Gasteiger partial charge is 0.756 e. The number of carbonyl (C=O) groups excluding carboxylic acids is 2. The molecule has 2 atom stereocenters. The number of unbranched alkanes of at least 4 members (excludes halogenated alkanes) is 44. The molecule has 100 heavy (non-hydrogen) atoms. The zero-order chi connectivity index (χ0) is 72.5. The van der Waals surface area contributed by atoms with Crippen LogP contribution in [0.5, 0.6) is 0 Å². The summed E-state index contributed by atoms with van der Waals surface area (Å²) < 4.78 is 34.5. The number of allylic oxidation sites excluding steroid dienone is 20. The molecule has 0 saturated heterocycles. The molecule has 578 valence electrons. The van der Waals surface area contributed by atoms with Gasteiger partial charge in [-0.1, -0.05) is 392 Å². The lowest BCUT2D eigenvalue weighted by molar-refractivity contribution is -0.870. The normalized spacial score (nSPS) is 13.6. The van der Waals surface area contributed by atoms with Gasteiger partial charge in [0.05, 0.1) is 27.7 Å². The Bertz CT molecular complexity index is 2110. The van der Waals surface area contributed by atoms with Crippen molar-refractivity contribution in [3.05, 3.63) is 122 Å². The average Bonchev–Trinajstić information content (AvgIpc) is 1.02. The second-order valence-electron chi connectivity index (χ2n) is 29.4. The van der Waals surface area contributed by atoms with Crippen molar-refractivity contribution >= 4 is 19.8 Å². The van der Waals surface area contributed by atoms with Crippen LogP contribution in [0.4, 0.5) is 0 Å². The summed E-state index contributed by atoms with van der Waals surface area (Å²) >= 11 is 0.